The van der Waals surface area contributed by atoms with E-state index in [4.69, 9.17) is 5.11 Å². The molecule has 0 aromatic heterocycles. The number of nitrogens with one attached hydrogen (secondary N) is 1. The van der Waals surface area contributed by atoms with Crippen LogP contribution in [0.2, 0.25) is 0 Å². The van der Waals surface area contributed by atoms with E-state index in [-0.39, 0.29) is 12.0 Å². The Morgan fingerprint density at radius 3 is 2.19 bits per heavy atom. The van der Waals surface area contributed by atoms with Crippen LogP contribution >= 0.6 is 0 Å². The zero-order valence-corrected chi connectivity index (χ0v) is 11.2. The number of carbonyl (C=O) groups is 2. The lowest BCUT2D eigenvalue weighted by Crippen LogP contribution is -2.40. The van der Waals surface area contributed by atoms with E-state index in [9.17, 15) is 27.2 Å². The van der Waals surface area contributed by atoms with Crippen LogP contribution in [0, 0.1) is 29.2 Å². The van der Waals surface area contributed by atoms with Gasteiger partial charge in [0, 0.05) is 6.04 Å². The van der Waals surface area contributed by atoms with Crippen molar-refractivity contribution in [2.45, 2.75) is 26.3 Å². The maximum absolute atomic E-state index is 13.4. The van der Waals surface area contributed by atoms with Gasteiger partial charge in [-0.3, -0.25) is 9.59 Å². The second-order valence-electron chi connectivity index (χ2n) is 4.77. The van der Waals surface area contributed by atoms with Gasteiger partial charge >= 0.3 is 5.97 Å². The molecule has 1 atom stereocenters. The van der Waals surface area contributed by atoms with Gasteiger partial charge in [-0.1, -0.05) is 13.8 Å². The molecule has 116 valence electrons. The van der Waals surface area contributed by atoms with Crippen molar-refractivity contribution < 1.29 is 32.3 Å². The summed E-state index contributed by atoms with van der Waals surface area (Å²) >= 11 is 0. The van der Waals surface area contributed by atoms with Gasteiger partial charge in [-0.05, 0) is 12.0 Å². The second kappa shape index (κ2) is 6.55. The Morgan fingerprint density at radius 2 is 1.71 bits per heavy atom. The monoisotopic (exact) mass is 307 g/mol. The first-order valence-electron chi connectivity index (χ1n) is 6.00. The van der Waals surface area contributed by atoms with Crippen LogP contribution in [0.25, 0.3) is 0 Å². The molecule has 0 fully saturated rings. The van der Waals surface area contributed by atoms with Crippen molar-refractivity contribution in [1.82, 2.24) is 5.32 Å². The Bertz CT molecular complexity index is 575. The van der Waals surface area contributed by atoms with Gasteiger partial charge < -0.3 is 10.4 Å². The predicted molar refractivity (Wildman–Crippen MR) is 64.6 cm³/mol. The summed E-state index contributed by atoms with van der Waals surface area (Å²) in [5, 5.41) is 10.9. The molecule has 21 heavy (non-hydrogen) atoms. The topological polar surface area (TPSA) is 66.4 Å². The first-order valence-corrected chi connectivity index (χ1v) is 6.00. The minimum absolute atomic E-state index is 0.223. The van der Waals surface area contributed by atoms with Crippen molar-refractivity contribution >= 4 is 11.9 Å². The van der Waals surface area contributed by atoms with E-state index in [2.05, 4.69) is 5.32 Å². The van der Waals surface area contributed by atoms with E-state index in [0.29, 0.717) is 0 Å². The lowest BCUT2D eigenvalue weighted by molar-refractivity contribution is -0.137. The summed E-state index contributed by atoms with van der Waals surface area (Å²) in [7, 11) is 0. The Kier molecular flexibility index (Phi) is 5.28. The Labute approximate surface area is 117 Å². The minimum atomic E-state index is -2.10. The van der Waals surface area contributed by atoms with Crippen molar-refractivity contribution in [3.8, 4) is 0 Å². The fraction of sp³-hybridized carbons (Fsp3) is 0.385. The molecule has 0 saturated heterocycles. The lowest BCUT2D eigenvalue weighted by Gasteiger charge is -2.20. The van der Waals surface area contributed by atoms with Crippen molar-refractivity contribution in [3.63, 3.8) is 0 Å². The van der Waals surface area contributed by atoms with E-state index < -0.39 is 53.2 Å². The highest BCUT2D eigenvalue weighted by Crippen LogP contribution is 2.19. The van der Waals surface area contributed by atoms with Crippen LogP contribution in [0.4, 0.5) is 17.6 Å². The largest absolute Gasteiger partial charge is 0.481 e. The van der Waals surface area contributed by atoms with Crippen LogP contribution in [0.5, 0.6) is 0 Å². The molecule has 0 saturated carbocycles. The van der Waals surface area contributed by atoms with Crippen LogP contribution in [0.1, 0.15) is 30.6 Å². The van der Waals surface area contributed by atoms with Gasteiger partial charge in [0.05, 0.1) is 12.0 Å². The second-order valence-corrected chi connectivity index (χ2v) is 4.77. The molecule has 2 N–H and O–H groups in total. The molecule has 1 rings (SSSR count). The molecule has 1 aromatic carbocycles. The van der Waals surface area contributed by atoms with Crippen molar-refractivity contribution in [3.05, 3.63) is 34.9 Å². The molecule has 0 bridgehead atoms. The van der Waals surface area contributed by atoms with Gasteiger partial charge in [0.2, 0.25) is 0 Å². The SMILES string of the molecule is CC(C)C(CC(=O)O)NC(=O)c1cc(F)c(F)c(F)c1F. The predicted octanol–water partition coefficient (Wildman–Crippen LogP) is 2.47. The summed E-state index contributed by atoms with van der Waals surface area (Å²) in [6.07, 6.45) is -0.447. The van der Waals surface area contributed by atoms with Crippen LogP contribution in [0.3, 0.4) is 0 Å². The smallest absolute Gasteiger partial charge is 0.305 e. The van der Waals surface area contributed by atoms with E-state index in [1.54, 1.807) is 13.8 Å². The minimum Gasteiger partial charge on any atom is -0.481 e. The number of aliphatic carboxylic acids is 1. The molecule has 1 unspecified atom stereocenters. The Hall–Kier alpha value is -2.12. The maximum Gasteiger partial charge on any atom is 0.305 e. The highest BCUT2D eigenvalue weighted by molar-refractivity contribution is 5.95. The number of carboxylic acids is 1. The molecular weight excluding hydrogens is 294 g/mol. The van der Waals surface area contributed by atoms with E-state index >= 15 is 0 Å². The highest BCUT2D eigenvalue weighted by Gasteiger charge is 2.26. The van der Waals surface area contributed by atoms with Gasteiger partial charge in [-0.2, -0.15) is 0 Å². The quantitative estimate of drug-likeness (QED) is 0.499. The van der Waals surface area contributed by atoms with Gasteiger partial charge in [-0.25, -0.2) is 17.6 Å². The summed E-state index contributed by atoms with van der Waals surface area (Å²) in [5.41, 5.74) is -1.03. The number of rotatable bonds is 5. The van der Waals surface area contributed by atoms with Crippen LogP contribution < -0.4 is 5.32 Å². The number of hydrogen-bond donors (Lipinski definition) is 2. The number of benzene rings is 1. The number of hydrogen-bond acceptors (Lipinski definition) is 2. The van der Waals surface area contributed by atoms with Gasteiger partial charge in [0.25, 0.3) is 5.91 Å². The molecule has 8 heteroatoms. The number of amides is 1. The van der Waals surface area contributed by atoms with Gasteiger partial charge in [-0.15, -0.1) is 0 Å². The van der Waals surface area contributed by atoms with Crippen LogP contribution in [-0.2, 0) is 4.79 Å². The summed E-state index contributed by atoms with van der Waals surface area (Å²) in [4.78, 5) is 22.4. The van der Waals surface area contributed by atoms with E-state index in [1.807, 2.05) is 0 Å². The van der Waals surface area contributed by atoms with Crippen LogP contribution in [0.15, 0.2) is 6.07 Å². The normalized spacial score (nSPS) is 12.3. The molecule has 1 aromatic rings. The van der Waals surface area contributed by atoms with Crippen molar-refractivity contribution in [1.29, 1.82) is 0 Å². The van der Waals surface area contributed by atoms with Gasteiger partial charge in [0.1, 0.15) is 0 Å². The van der Waals surface area contributed by atoms with Crippen molar-refractivity contribution in [2.75, 3.05) is 0 Å². The van der Waals surface area contributed by atoms with E-state index in [1.165, 1.54) is 0 Å². The zero-order valence-electron chi connectivity index (χ0n) is 11.2. The fourth-order valence-electron chi connectivity index (χ4n) is 1.63. The molecule has 0 aliphatic rings. The molecular formula is C13H13F4NO3. The first kappa shape index (κ1) is 16.9. The molecule has 0 spiro atoms. The highest BCUT2D eigenvalue weighted by atomic mass is 19.2. The summed E-state index contributed by atoms with van der Waals surface area (Å²) in [6.45, 7) is 3.21. The molecule has 0 radical (unpaired) electrons. The standard InChI is InChI=1S/C13H13F4NO3/c1-5(2)8(4-9(19)20)18-13(21)6-3-7(14)11(16)12(17)10(6)15/h3,5,8H,4H2,1-2H3,(H,18,21)(H,19,20). The van der Waals surface area contributed by atoms with Gasteiger partial charge in [0.15, 0.2) is 23.3 Å². The number of carboxylic acid groups (broad SMARTS) is 1. The summed E-state index contributed by atoms with van der Waals surface area (Å²) in [5.74, 6) is -10.4. The average molecular weight is 307 g/mol. The fourth-order valence-corrected chi connectivity index (χ4v) is 1.63. The zero-order chi connectivity index (χ0) is 16.3. The summed E-state index contributed by atoms with van der Waals surface area (Å²) in [6, 6.07) is -0.646. The first-order chi connectivity index (χ1) is 9.65. The van der Waals surface area contributed by atoms with E-state index in [0.717, 1.165) is 0 Å². The van der Waals surface area contributed by atoms with Crippen LogP contribution in [-0.4, -0.2) is 23.0 Å². The average Bonchev–Trinajstić information content (AvgIpc) is 2.38. The molecule has 0 heterocycles. The summed E-state index contributed by atoms with van der Waals surface area (Å²) < 4.78 is 52.3. The lowest BCUT2D eigenvalue weighted by atomic mass is 10.0. The number of carbonyl (C=O) groups excluding carboxylic acids is 1. The Morgan fingerprint density at radius 1 is 1.14 bits per heavy atom. The Balaban J connectivity index is 3.06. The number of halogens is 4. The molecule has 0 aliphatic heterocycles. The third-order valence-electron chi connectivity index (χ3n) is 2.86. The van der Waals surface area contributed by atoms with Crippen molar-refractivity contribution in [2.24, 2.45) is 5.92 Å². The third-order valence-corrected chi connectivity index (χ3v) is 2.86. The molecule has 4 nitrogen and oxygen atoms in total. The molecule has 0 aliphatic carbocycles. The third kappa shape index (κ3) is 3.93. The molecule has 1 amide bonds. The maximum atomic E-state index is 13.4.